The number of piperazine rings is 1. The van der Waals surface area contributed by atoms with E-state index in [2.05, 4.69) is 35.9 Å². The first-order valence-corrected chi connectivity index (χ1v) is 8.11. The minimum atomic E-state index is 0.558. The van der Waals surface area contributed by atoms with Gasteiger partial charge < -0.3 is 4.90 Å². The smallest absolute Gasteiger partial charge is 0.146 e. The van der Waals surface area contributed by atoms with Crippen LogP contribution in [-0.2, 0) is 12.8 Å². The molecule has 0 N–H and O–H groups in total. The summed E-state index contributed by atoms with van der Waals surface area (Å²) in [6, 6.07) is 5.02. The number of likely N-dealkylation sites (N-methyl/N-ethyl adjacent to an activating group) is 1. The third-order valence-electron chi connectivity index (χ3n) is 4.95. The Balaban J connectivity index is 1.92. The first kappa shape index (κ1) is 14.3. The largest absolute Gasteiger partial charge is 0.353 e. The summed E-state index contributed by atoms with van der Waals surface area (Å²) < 4.78 is 0. The third kappa shape index (κ3) is 2.75. The molecular formula is C17H24N4. The molecule has 4 nitrogen and oxygen atoms in total. The third-order valence-corrected chi connectivity index (χ3v) is 4.95. The number of anilines is 1. The Morgan fingerprint density at radius 3 is 2.90 bits per heavy atom. The van der Waals surface area contributed by atoms with E-state index in [0.29, 0.717) is 6.04 Å². The number of fused-ring (bicyclic) bond motifs is 1. The molecule has 2 aliphatic rings. The van der Waals surface area contributed by atoms with Crippen LogP contribution in [0.3, 0.4) is 0 Å². The van der Waals surface area contributed by atoms with Crippen molar-refractivity contribution >= 4 is 5.82 Å². The Morgan fingerprint density at radius 2 is 2.14 bits per heavy atom. The number of rotatable bonds is 2. The molecule has 0 aromatic carbocycles. The fourth-order valence-corrected chi connectivity index (χ4v) is 3.53. The topological polar surface area (TPSA) is 43.2 Å². The van der Waals surface area contributed by atoms with Crippen LogP contribution in [-0.4, -0.2) is 42.6 Å². The molecule has 112 valence electrons. The van der Waals surface area contributed by atoms with Crippen molar-refractivity contribution in [1.82, 2.24) is 9.88 Å². The zero-order chi connectivity index (χ0) is 14.8. The summed E-state index contributed by atoms with van der Waals surface area (Å²) in [4.78, 5) is 9.63. The second kappa shape index (κ2) is 6.03. The van der Waals surface area contributed by atoms with Crippen molar-refractivity contribution in [1.29, 1.82) is 5.26 Å². The van der Waals surface area contributed by atoms with Crippen molar-refractivity contribution in [2.75, 3.05) is 31.6 Å². The quantitative estimate of drug-likeness (QED) is 0.836. The van der Waals surface area contributed by atoms with Gasteiger partial charge in [-0.2, -0.15) is 5.26 Å². The second-order valence-electron chi connectivity index (χ2n) is 6.27. The first-order valence-electron chi connectivity index (χ1n) is 8.11. The Kier molecular flexibility index (Phi) is 4.12. The van der Waals surface area contributed by atoms with Crippen LogP contribution in [0, 0.1) is 11.3 Å². The maximum Gasteiger partial charge on any atom is 0.146 e. The molecule has 0 spiro atoms. The number of aryl methyl sites for hydroxylation is 2. The van der Waals surface area contributed by atoms with Crippen LogP contribution in [0.5, 0.6) is 0 Å². The summed E-state index contributed by atoms with van der Waals surface area (Å²) in [6.45, 7) is 5.22. The number of nitrogens with zero attached hydrogens (tertiary/aromatic N) is 4. The van der Waals surface area contributed by atoms with Gasteiger partial charge in [0.2, 0.25) is 0 Å². The van der Waals surface area contributed by atoms with Gasteiger partial charge in [0.1, 0.15) is 11.9 Å². The van der Waals surface area contributed by atoms with E-state index in [0.717, 1.165) is 50.3 Å². The van der Waals surface area contributed by atoms with Crippen molar-refractivity contribution in [2.45, 2.75) is 45.1 Å². The fraction of sp³-hybridized carbons (Fsp3) is 0.647. The van der Waals surface area contributed by atoms with E-state index in [4.69, 9.17) is 4.98 Å². The first-order chi connectivity index (χ1) is 10.2. The Morgan fingerprint density at radius 1 is 1.33 bits per heavy atom. The lowest BCUT2D eigenvalue weighted by Gasteiger charge is -2.40. The molecule has 0 bridgehead atoms. The summed E-state index contributed by atoms with van der Waals surface area (Å²) in [6.07, 6.45) is 5.74. The van der Waals surface area contributed by atoms with E-state index >= 15 is 0 Å². The molecule has 4 heteroatoms. The van der Waals surface area contributed by atoms with Gasteiger partial charge in [-0.1, -0.05) is 6.92 Å². The molecule has 2 heterocycles. The van der Waals surface area contributed by atoms with Crippen LogP contribution in [0.4, 0.5) is 5.82 Å². The van der Waals surface area contributed by atoms with Gasteiger partial charge in [0.25, 0.3) is 0 Å². The van der Waals surface area contributed by atoms with E-state index < -0.39 is 0 Å². The normalized spacial score (nSPS) is 22.7. The van der Waals surface area contributed by atoms with Crippen molar-refractivity contribution in [3.63, 3.8) is 0 Å². The molecule has 1 aliphatic heterocycles. The molecule has 0 amide bonds. The Hall–Kier alpha value is -1.60. The lowest BCUT2D eigenvalue weighted by Crippen LogP contribution is -2.51. The molecular weight excluding hydrogens is 260 g/mol. The summed E-state index contributed by atoms with van der Waals surface area (Å²) >= 11 is 0. The summed E-state index contributed by atoms with van der Waals surface area (Å²) in [5.41, 5.74) is 3.28. The van der Waals surface area contributed by atoms with E-state index in [-0.39, 0.29) is 0 Å². The highest BCUT2D eigenvalue weighted by Crippen LogP contribution is 2.28. The average Bonchev–Trinajstić information content (AvgIpc) is 2.54. The van der Waals surface area contributed by atoms with Crippen LogP contribution in [0.25, 0.3) is 0 Å². The van der Waals surface area contributed by atoms with Gasteiger partial charge in [0, 0.05) is 31.4 Å². The average molecular weight is 284 g/mol. The molecule has 1 aromatic rings. The molecule has 1 aromatic heterocycles. The predicted octanol–water partition coefficient (Wildman–Crippen LogP) is 2.36. The van der Waals surface area contributed by atoms with Crippen LogP contribution in [0.1, 0.15) is 43.0 Å². The zero-order valence-electron chi connectivity index (χ0n) is 13.1. The van der Waals surface area contributed by atoms with Gasteiger partial charge in [0.15, 0.2) is 0 Å². The number of hydrogen-bond acceptors (Lipinski definition) is 4. The molecule has 21 heavy (non-hydrogen) atoms. The molecule has 1 atom stereocenters. The lowest BCUT2D eigenvalue weighted by atomic mass is 9.94. The number of nitriles is 1. The molecule has 1 unspecified atom stereocenters. The second-order valence-corrected chi connectivity index (χ2v) is 6.27. The molecule has 3 rings (SSSR count). The highest BCUT2D eigenvalue weighted by atomic mass is 15.3. The van der Waals surface area contributed by atoms with Gasteiger partial charge in [0.05, 0.1) is 5.56 Å². The van der Waals surface area contributed by atoms with Crippen molar-refractivity contribution in [2.24, 2.45) is 0 Å². The van der Waals surface area contributed by atoms with E-state index in [1.54, 1.807) is 0 Å². The van der Waals surface area contributed by atoms with Gasteiger partial charge in [-0.15, -0.1) is 0 Å². The minimum absolute atomic E-state index is 0.558. The Labute approximate surface area is 127 Å². The van der Waals surface area contributed by atoms with Gasteiger partial charge in [-0.3, -0.25) is 4.90 Å². The molecule has 0 radical (unpaired) electrons. The zero-order valence-corrected chi connectivity index (χ0v) is 13.1. The molecule has 1 saturated heterocycles. The van der Waals surface area contributed by atoms with E-state index in [9.17, 15) is 5.26 Å². The number of pyridine rings is 1. The van der Waals surface area contributed by atoms with Crippen LogP contribution in [0.2, 0.25) is 0 Å². The number of aromatic nitrogens is 1. The standard InChI is InChI=1S/C17H24N4/c1-3-15-12-21(9-8-20(15)2)17-14(11-18)10-13-6-4-5-7-16(13)19-17/h10,15H,3-9,12H2,1-2H3. The highest BCUT2D eigenvalue weighted by Gasteiger charge is 2.26. The summed E-state index contributed by atoms with van der Waals surface area (Å²) in [5.74, 6) is 0.921. The van der Waals surface area contributed by atoms with Gasteiger partial charge >= 0.3 is 0 Å². The van der Waals surface area contributed by atoms with Crippen LogP contribution < -0.4 is 4.90 Å². The molecule has 0 saturated carbocycles. The Bertz CT molecular complexity index is 561. The minimum Gasteiger partial charge on any atom is -0.353 e. The maximum absolute atomic E-state index is 9.50. The molecule has 1 fully saturated rings. The van der Waals surface area contributed by atoms with Crippen molar-refractivity contribution < 1.29 is 0 Å². The predicted molar refractivity (Wildman–Crippen MR) is 84.5 cm³/mol. The van der Waals surface area contributed by atoms with E-state index in [1.165, 1.54) is 24.1 Å². The highest BCUT2D eigenvalue weighted by molar-refractivity contribution is 5.57. The van der Waals surface area contributed by atoms with Crippen LogP contribution in [0.15, 0.2) is 6.07 Å². The SMILES string of the molecule is CCC1CN(c2nc3c(cc2C#N)CCCC3)CCN1C. The van der Waals surface area contributed by atoms with E-state index in [1.807, 2.05) is 0 Å². The van der Waals surface area contributed by atoms with Crippen LogP contribution >= 0.6 is 0 Å². The van der Waals surface area contributed by atoms with Crippen molar-refractivity contribution in [3.8, 4) is 6.07 Å². The monoisotopic (exact) mass is 284 g/mol. The number of hydrogen-bond donors (Lipinski definition) is 0. The fourth-order valence-electron chi connectivity index (χ4n) is 3.53. The molecule has 1 aliphatic carbocycles. The summed E-state index contributed by atoms with van der Waals surface area (Å²) in [7, 11) is 2.19. The maximum atomic E-state index is 9.50. The summed E-state index contributed by atoms with van der Waals surface area (Å²) in [5, 5.41) is 9.50. The van der Waals surface area contributed by atoms with Gasteiger partial charge in [-0.25, -0.2) is 4.98 Å². The lowest BCUT2D eigenvalue weighted by molar-refractivity contribution is 0.213. The van der Waals surface area contributed by atoms with Gasteiger partial charge in [-0.05, 0) is 50.8 Å². The van der Waals surface area contributed by atoms with Crippen molar-refractivity contribution in [3.05, 3.63) is 22.9 Å².